The molecular formula is C19H19N3O2. The lowest BCUT2D eigenvalue weighted by atomic mass is 10.1. The number of carbonyl (C=O) groups is 2. The van der Waals surface area contributed by atoms with Crippen molar-refractivity contribution >= 4 is 17.5 Å². The van der Waals surface area contributed by atoms with Gasteiger partial charge in [0.05, 0.1) is 11.6 Å². The van der Waals surface area contributed by atoms with Gasteiger partial charge in [0.25, 0.3) is 11.8 Å². The van der Waals surface area contributed by atoms with Gasteiger partial charge in [-0.1, -0.05) is 6.07 Å². The minimum Gasteiger partial charge on any atom is -0.339 e. The van der Waals surface area contributed by atoms with Crippen molar-refractivity contribution in [3.05, 3.63) is 65.2 Å². The van der Waals surface area contributed by atoms with E-state index in [2.05, 4.69) is 5.32 Å². The number of hydrogen-bond donors (Lipinski definition) is 1. The van der Waals surface area contributed by atoms with Gasteiger partial charge in [-0.25, -0.2) is 0 Å². The quantitative estimate of drug-likeness (QED) is 0.918. The maximum atomic E-state index is 12.4. The van der Waals surface area contributed by atoms with Crippen molar-refractivity contribution in [2.45, 2.75) is 13.8 Å². The summed E-state index contributed by atoms with van der Waals surface area (Å²) < 4.78 is 0. The Morgan fingerprint density at radius 3 is 2.29 bits per heavy atom. The highest BCUT2D eigenvalue weighted by molar-refractivity contribution is 6.05. The molecule has 0 saturated heterocycles. The second-order valence-electron chi connectivity index (χ2n) is 5.20. The maximum Gasteiger partial charge on any atom is 0.255 e. The second-order valence-corrected chi connectivity index (χ2v) is 5.20. The molecule has 0 aliphatic rings. The monoisotopic (exact) mass is 321 g/mol. The van der Waals surface area contributed by atoms with E-state index in [1.54, 1.807) is 53.4 Å². The van der Waals surface area contributed by atoms with Crippen LogP contribution in [-0.4, -0.2) is 29.8 Å². The molecule has 0 saturated carbocycles. The first-order valence-corrected chi connectivity index (χ1v) is 7.79. The highest BCUT2D eigenvalue weighted by Gasteiger charge is 2.13. The smallest absolute Gasteiger partial charge is 0.255 e. The van der Waals surface area contributed by atoms with E-state index < -0.39 is 0 Å². The van der Waals surface area contributed by atoms with Gasteiger partial charge in [-0.2, -0.15) is 5.26 Å². The third kappa shape index (κ3) is 3.99. The van der Waals surface area contributed by atoms with Crippen molar-refractivity contribution in [3.8, 4) is 6.07 Å². The summed E-state index contributed by atoms with van der Waals surface area (Å²) in [7, 11) is 0. The van der Waals surface area contributed by atoms with Gasteiger partial charge < -0.3 is 10.2 Å². The van der Waals surface area contributed by atoms with Crippen LogP contribution in [0.25, 0.3) is 0 Å². The van der Waals surface area contributed by atoms with Gasteiger partial charge in [0.2, 0.25) is 0 Å². The molecule has 0 spiro atoms. The molecule has 2 aromatic carbocycles. The fourth-order valence-corrected chi connectivity index (χ4v) is 2.32. The van der Waals surface area contributed by atoms with E-state index in [1.165, 1.54) is 0 Å². The zero-order chi connectivity index (χ0) is 17.5. The predicted molar refractivity (Wildman–Crippen MR) is 92.8 cm³/mol. The number of amides is 2. The second kappa shape index (κ2) is 7.93. The Morgan fingerprint density at radius 2 is 1.71 bits per heavy atom. The first kappa shape index (κ1) is 17.2. The Bertz CT molecular complexity index is 772. The summed E-state index contributed by atoms with van der Waals surface area (Å²) in [6.07, 6.45) is 0. The van der Waals surface area contributed by atoms with Crippen molar-refractivity contribution in [1.82, 2.24) is 4.90 Å². The minimum atomic E-state index is -0.285. The van der Waals surface area contributed by atoms with Crippen LogP contribution in [0, 0.1) is 11.3 Å². The van der Waals surface area contributed by atoms with E-state index >= 15 is 0 Å². The first-order chi connectivity index (χ1) is 11.6. The molecule has 2 aromatic rings. The average Bonchev–Trinajstić information content (AvgIpc) is 2.63. The van der Waals surface area contributed by atoms with E-state index in [0.29, 0.717) is 35.5 Å². The largest absolute Gasteiger partial charge is 0.339 e. The van der Waals surface area contributed by atoms with Crippen LogP contribution in [-0.2, 0) is 0 Å². The predicted octanol–water partition coefficient (Wildman–Crippen LogP) is 3.29. The molecule has 2 amide bonds. The van der Waals surface area contributed by atoms with Crippen LogP contribution in [0.1, 0.15) is 40.1 Å². The fraction of sp³-hybridized carbons (Fsp3) is 0.211. The van der Waals surface area contributed by atoms with Gasteiger partial charge in [-0.3, -0.25) is 9.59 Å². The molecule has 0 bridgehead atoms. The molecule has 0 aliphatic carbocycles. The number of nitrogens with one attached hydrogen (secondary N) is 1. The van der Waals surface area contributed by atoms with Crippen LogP contribution in [0.5, 0.6) is 0 Å². The molecule has 0 unspecified atom stereocenters. The number of rotatable bonds is 5. The third-order valence-corrected chi connectivity index (χ3v) is 3.69. The highest BCUT2D eigenvalue weighted by atomic mass is 16.2. The molecule has 0 heterocycles. The van der Waals surface area contributed by atoms with Crippen LogP contribution >= 0.6 is 0 Å². The number of nitrogens with zero attached hydrogens (tertiary/aromatic N) is 2. The van der Waals surface area contributed by atoms with Gasteiger partial charge in [0.15, 0.2) is 0 Å². The molecule has 24 heavy (non-hydrogen) atoms. The Balaban J connectivity index is 2.15. The normalized spacial score (nSPS) is 9.88. The van der Waals surface area contributed by atoms with Gasteiger partial charge in [0.1, 0.15) is 0 Å². The summed E-state index contributed by atoms with van der Waals surface area (Å²) in [5, 5.41) is 11.6. The van der Waals surface area contributed by atoms with Crippen molar-refractivity contribution in [2.24, 2.45) is 0 Å². The van der Waals surface area contributed by atoms with Gasteiger partial charge >= 0.3 is 0 Å². The lowest BCUT2D eigenvalue weighted by Gasteiger charge is -2.19. The van der Waals surface area contributed by atoms with Gasteiger partial charge in [-0.15, -0.1) is 0 Å². The van der Waals surface area contributed by atoms with Crippen molar-refractivity contribution < 1.29 is 9.59 Å². The summed E-state index contributed by atoms with van der Waals surface area (Å²) in [5.74, 6) is -0.346. The zero-order valence-corrected chi connectivity index (χ0v) is 13.7. The van der Waals surface area contributed by atoms with E-state index in [4.69, 9.17) is 5.26 Å². The summed E-state index contributed by atoms with van der Waals surface area (Å²) in [6.45, 7) is 5.13. The Hall–Kier alpha value is -3.13. The van der Waals surface area contributed by atoms with Crippen LogP contribution in [0.4, 0.5) is 5.69 Å². The Labute approximate surface area is 141 Å². The molecule has 2 rings (SSSR count). The third-order valence-electron chi connectivity index (χ3n) is 3.69. The molecule has 5 heteroatoms. The van der Waals surface area contributed by atoms with Gasteiger partial charge in [0, 0.05) is 29.9 Å². The number of anilines is 1. The van der Waals surface area contributed by atoms with Crippen LogP contribution < -0.4 is 5.32 Å². The van der Waals surface area contributed by atoms with E-state index in [0.717, 1.165) is 0 Å². The summed E-state index contributed by atoms with van der Waals surface area (Å²) in [4.78, 5) is 26.3. The molecular weight excluding hydrogens is 302 g/mol. The SMILES string of the molecule is CCN(CC)C(=O)c1cccc(NC(=O)c2ccc(C#N)cc2)c1. The molecule has 0 radical (unpaired) electrons. The summed E-state index contributed by atoms with van der Waals surface area (Å²) in [5.41, 5.74) is 2.05. The summed E-state index contributed by atoms with van der Waals surface area (Å²) in [6, 6.07) is 15.3. The van der Waals surface area contributed by atoms with Crippen LogP contribution in [0.2, 0.25) is 0 Å². The minimum absolute atomic E-state index is 0.0607. The molecule has 5 nitrogen and oxygen atoms in total. The van der Waals surface area contributed by atoms with Crippen LogP contribution in [0.3, 0.4) is 0 Å². The van der Waals surface area contributed by atoms with E-state index in [-0.39, 0.29) is 11.8 Å². The lowest BCUT2D eigenvalue weighted by molar-refractivity contribution is 0.0772. The molecule has 0 aliphatic heterocycles. The molecule has 0 fully saturated rings. The lowest BCUT2D eigenvalue weighted by Crippen LogP contribution is -2.30. The molecule has 1 N–H and O–H groups in total. The van der Waals surface area contributed by atoms with Crippen molar-refractivity contribution in [1.29, 1.82) is 5.26 Å². The van der Waals surface area contributed by atoms with E-state index in [1.807, 2.05) is 19.9 Å². The van der Waals surface area contributed by atoms with E-state index in [9.17, 15) is 9.59 Å². The molecule has 0 atom stereocenters. The topological polar surface area (TPSA) is 73.2 Å². The van der Waals surface area contributed by atoms with Crippen LogP contribution in [0.15, 0.2) is 48.5 Å². The van der Waals surface area contributed by atoms with Crippen molar-refractivity contribution in [3.63, 3.8) is 0 Å². The maximum absolute atomic E-state index is 12.4. The standard InChI is InChI=1S/C19H19N3O2/c1-3-22(4-2)19(24)16-6-5-7-17(12-16)21-18(23)15-10-8-14(13-20)9-11-15/h5-12H,3-4H2,1-2H3,(H,21,23). The summed E-state index contributed by atoms with van der Waals surface area (Å²) >= 11 is 0. The Kier molecular flexibility index (Phi) is 5.69. The van der Waals surface area contributed by atoms with Gasteiger partial charge in [-0.05, 0) is 56.3 Å². The Morgan fingerprint density at radius 1 is 1.04 bits per heavy atom. The number of nitriles is 1. The first-order valence-electron chi connectivity index (χ1n) is 7.79. The highest BCUT2D eigenvalue weighted by Crippen LogP contribution is 2.14. The molecule has 122 valence electrons. The van der Waals surface area contributed by atoms with Crippen molar-refractivity contribution in [2.75, 3.05) is 18.4 Å². The fourth-order valence-electron chi connectivity index (χ4n) is 2.32. The number of benzene rings is 2. The number of carbonyl (C=O) groups excluding carboxylic acids is 2. The number of hydrogen-bond acceptors (Lipinski definition) is 3. The zero-order valence-electron chi connectivity index (χ0n) is 13.7. The average molecular weight is 321 g/mol. The molecule has 0 aromatic heterocycles.